The zero-order chi connectivity index (χ0) is 27.7. The van der Waals surface area contributed by atoms with Crippen LogP contribution in [-0.2, 0) is 34.9 Å². The van der Waals surface area contributed by atoms with E-state index in [1.807, 2.05) is 0 Å². The highest BCUT2D eigenvalue weighted by Crippen LogP contribution is 2.38. The Balaban J connectivity index is 0.00000533. The molecule has 1 saturated carbocycles. The number of nitrogens with zero attached hydrogens (tertiary/aromatic N) is 4. The third-order valence-electron chi connectivity index (χ3n) is 5.84. The number of carbonyl (C=O) groups is 2. The van der Waals surface area contributed by atoms with Crippen LogP contribution >= 0.6 is 7.44 Å². The molecule has 2 aromatic heterocycles. The lowest BCUT2D eigenvalue weighted by Gasteiger charge is -2.28. The Bertz CT molecular complexity index is 1110. The van der Waals surface area contributed by atoms with E-state index >= 15 is 0 Å². The molecular formula is C24H43N8O6P. The zero-order valence-electron chi connectivity index (χ0n) is 22.4. The molecule has 2 unspecified atom stereocenters. The fourth-order valence-corrected chi connectivity index (χ4v) is 5.92. The molecule has 2 heterocycles. The normalized spacial score (nSPS) is 16.1. The third-order valence-corrected chi connectivity index (χ3v) is 7.84. The second kappa shape index (κ2) is 15.1. The number of esters is 2. The molecule has 15 heteroatoms. The molecule has 0 amide bonds. The van der Waals surface area contributed by atoms with Gasteiger partial charge in [0.25, 0.3) is 0 Å². The van der Waals surface area contributed by atoms with Crippen molar-refractivity contribution in [3.8, 4) is 0 Å². The fraction of sp³-hybridized carbons (Fsp3) is 0.708. The molecule has 1 fully saturated rings. The van der Waals surface area contributed by atoms with Gasteiger partial charge >= 0.3 is 11.9 Å². The summed E-state index contributed by atoms with van der Waals surface area (Å²) in [5.41, 5.74) is 7.08. The maximum atomic E-state index is 13.9. The number of carbonyl (C=O) groups excluding carboxylic acids is 2. The summed E-state index contributed by atoms with van der Waals surface area (Å²) in [4.78, 5) is 37.8. The minimum atomic E-state index is -3.60. The van der Waals surface area contributed by atoms with Crippen LogP contribution in [0.15, 0.2) is 6.33 Å². The van der Waals surface area contributed by atoms with E-state index in [2.05, 4.69) is 30.4 Å². The molecule has 0 bridgehead atoms. The molecule has 1 aliphatic carbocycles. The van der Waals surface area contributed by atoms with Gasteiger partial charge in [-0.2, -0.15) is 9.97 Å². The smallest absolute Gasteiger partial charge is 0.323 e. The highest BCUT2D eigenvalue weighted by Gasteiger charge is 2.34. The zero-order valence-corrected chi connectivity index (χ0v) is 23.3. The van der Waals surface area contributed by atoms with Gasteiger partial charge in [0.2, 0.25) is 13.4 Å². The first-order valence-electron chi connectivity index (χ1n) is 13.0. The molecule has 14 nitrogen and oxygen atoms in total. The predicted molar refractivity (Wildman–Crippen MR) is 149 cm³/mol. The van der Waals surface area contributed by atoms with Crippen molar-refractivity contribution in [3.63, 3.8) is 0 Å². The Hall–Kier alpha value is -2.80. The lowest BCUT2D eigenvalue weighted by Crippen LogP contribution is -2.44. The third kappa shape index (κ3) is 9.13. The number of rotatable bonds is 17. The summed E-state index contributed by atoms with van der Waals surface area (Å²) in [5.74, 6) is -0.324. The van der Waals surface area contributed by atoms with Gasteiger partial charge in [-0.3, -0.25) is 14.2 Å². The van der Waals surface area contributed by atoms with Gasteiger partial charge in [-0.05, 0) is 39.5 Å². The maximum Gasteiger partial charge on any atom is 0.323 e. The molecule has 0 radical (unpaired) electrons. The van der Waals surface area contributed by atoms with Gasteiger partial charge in [-0.1, -0.05) is 21.3 Å². The van der Waals surface area contributed by atoms with Crippen molar-refractivity contribution in [1.29, 1.82) is 0 Å². The van der Waals surface area contributed by atoms with E-state index in [4.69, 9.17) is 19.9 Å². The molecule has 2 aromatic rings. The molecule has 0 aromatic carbocycles. The summed E-state index contributed by atoms with van der Waals surface area (Å²) in [6, 6.07) is -1.31. The van der Waals surface area contributed by atoms with Gasteiger partial charge in [-0.25, -0.2) is 15.2 Å². The van der Waals surface area contributed by atoms with Gasteiger partial charge in [0, 0.05) is 12.6 Å². The number of nitrogen functional groups attached to an aromatic ring is 1. The van der Waals surface area contributed by atoms with Crippen molar-refractivity contribution in [3.05, 3.63) is 6.33 Å². The van der Waals surface area contributed by atoms with Crippen molar-refractivity contribution in [1.82, 2.24) is 29.7 Å². The quantitative estimate of drug-likeness (QED) is 0.124. The molecular weight excluding hydrogens is 527 g/mol. The Morgan fingerprint density at radius 3 is 2.18 bits per heavy atom. The number of nitrogens with two attached hydrogens (primary N) is 1. The minimum Gasteiger partial charge on any atom is -0.465 e. The Morgan fingerprint density at radius 2 is 1.67 bits per heavy atom. The number of nitrogens with one attached hydrogen (secondary N) is 3. The molecule has 0 spiro atoms. The van der Waals surface area contributed by atoms with E-state index in [9.17, 15) is 14.2 Å². The van der Waals surface area contributed by atoms with E-state index in [1.165, 1.54) is 0 Å². The van der Waals surface area contributed by atoms with Gasteiger partial charge in [0.1, 0.15) is 18.4 Å². The second-order valence-corrected chi connectivity index (χ2v) is 11.2. The average molecular weight is 571 g/mol. The van der Waals surface area contributed by atoms with Crippen molar-refractivity contribution >= 4 is 42.3 Å². The monoisotopic (exact) mass is 570 g/mol. The molecule has 220 valence electrons. The van der Waals surface area contributed by atoms with Gasteiger partial charge in [0.15, 0.2) is 17.0 Å². The van der Waals surface area contributed by atoms with Crippen LogP contribution in [0.5, 0.6) is 0 Å². The van der Waals surface area contributed by atoms with E-state index in [0.717, 1.165) is 12.8 Å². The lowest BCUT2D eigenvalue weighted by molar-refractivity contribution is -0.145. The largest absolute Gasteiger partial charge is 0.465 e. The fourth-order valence-electron chi connectivity index (χ4n) is 3.72. The summed E-state index contributed by atoms with van der Waals surface area (Å²) in [7, 11) is -3.60. The van der Waals surface area contributed by atoms with Gasteiger partial charge < -0.3 is 29.8 Å². The molecule has 0 aliphatic heterocycles. The number of hydrogen-bond donors (Lipinski definition) is 4. The van der Waals surface area contributed by atoms with Crippen LogP contribution in [0.25, 0.3) is 11.2 Å². The van der Waals surface area contributed by atoms with E-state index in [1.54, 1.807) is 38.6 Å². The summed E-state index contributed by atoms with van der Waals surface area (Å²) in [6.45, 7) is 7.82. The van der Waals surface area contributed by atoms with E-state index < -0.39 is 31.5 Å². The molecule has 1 aliphatic rings. The van der Waals surface area contributed by atoms with E-state index in [0.29, 0.717) is 42.4 Å². The standard InChI is InChI=1S/C23H39N8O6P.CH4/c1-5-16(21(32)36-7-3)29-38(34,30-17(6-2)22(33)37-8-4)14-35-12-11-31-13-25-18-19(26-15-9-10-15)27-23(24)28-20(18)31;/h13,15-17H,5-12,14H2,1-4H3,(H2,29,30,34)(H3,24,26,27,28);1H4. The summed E-state index contributed by atoms with van der Waals surface area (Å²) >= 11 is 0. The summed E-state index contributed by atoms with van der Waals surface area (Å²) in [5, 5.41) is 9.04. The van der Waals surface area contributed by atoms with Gasteiger partial charge in [0.05, 0.1) is 26.1 Å². The van der Waals surface area contributed by atoms with Crippen LogP contribution in [0.3, 0.4) is 0 Å². The number of fused-ring (bicyclic) bond motifs is 1. The Labute approximate surface area is 229 Å². The number of aromatic nitrogens is 4. The molecule has 3 rings (SSSR count). The van der Waals surface area contributed by atoms with E-state index in [-0.39, 0.29) is 39.5 Å². The number of anilines is 2. The molecule has 39 heavy (non-hydrogen) atoms. The highest BCUT2D eigenvalue weighted by molar-refractivity contribution is 7.59. The van der Waals surface area contributed by atoms with Crippen LogP contribution in [0, 0.1) is 0 Å². The van der Waals surface area contributed by atoms with Crippen LogP contribution in [0.4, 0.5) is 11.8 Å². The highest BCUT2D eigenvalue weighted by atomic mass is 31.2. The number of ether oxygens (including phenoxy) is 3. The molecule has 0 saturated heterocycles. The first-order chi connectivity index (χ1) is 18.2. The van der Waals surface area contributed by atoms with Crippen molar-refractivity contribution in [2.75, 3.05) is 37.2 Å². The lowest BCUT2D eigenvalue weighted by atomic mass is 10.2. The summed E-state index contributed by atoms with van der Waals surface area (Å²) in [6.07, 6.45) is 4.16. The van der Waals surface area contributed by atoms with Crippen molar-refractivity contribution in [2.45, 2.75) is 85.5 Å². The Morgan fingerprint density at radius 1 is 1.08 bits per heavy atom. The van der Waals surface area contributed by atoms with Crippen LogP contribution in [0.1, 0.15) is 60.8 Å². The molecule has 5 N–H and O–H groups in total. The van der Waals surface area contributed by atoms with Crippen LogP contribution in [-0.4, -0.2) is 75.8 Å². The summed E-state index contributed by atoms with van der Waals surface area (Å²) < 4.78 is 31.7. The predicted octanol–water partition coefficient (Wildman–Crippen LogP) is 2.65. The van der Waals surface area contributed by atoms with Crippen LogP contribution in [0.2, 0.25) is 0 Å². The van der Waals surface area contributed by atoms with Crippen molar-refractivity contribution < 1.29 is 28.4 Å². The topological polar surface area (TPSA) is 185 Å². The van der Waals surface area contributed by atoms with Crippen LogP contribution < -0.4 is 21.2 Å². The minimum absolute atomic E-state index is 0. The number of imidazole rings is 1. The molecule has 2 atom stereocenters. The van der Waals surface area contributed by atoms with Crippen molar-refractivity contribution in [2.24, 2.45) is 0 Å². The maximum absolute atomic E-state index is 13.9. The first kappa shape index (κ1) is 32.4. The average Bonchev–Trinajstić information content (AvgIpc) is 3.61. The second-order valence-electron chi connectivity index (χ2n) is 8.92. The Kier molecular flexibility index (Phi) is 12.6. The van der Waals surface area contributed by atoms with Gasteiger partial charge in [-0.15, -0.1) is 0 Å². The SMILES string of the molecule is C.CCOC(=O)C(CC)NP(=O)(COCCn1cnc2c(NC3CC3)nc(N)nc21)NC(CC)C(=O)OCC. The number of hydrogen-bond acceptors (Lipinski definition) is 11. The first-order valence-corrected chi connectivity index (χ1v) is 14.9.